The Bertz CT molecular complexity index is 1240. The van der Waals surface area contributed by atoms with Crippen molar-refractivity contribution in [2.45, 2.75) is 0 Å². The molecule has 0 amide bonds. The number of hydrogen-bond donors (Lipinski definition) is 1. The van der Waals surface area contributed by atoms with Crippen LogP contribution in [-0.4, -0.2) is 28.8 Å². The average Bonchev–Trinajstić information content (AvgIpc) is 2.73. The summed E-state index contributed by atoms with van der Waals surface area (Å²) in [5.74, 6) is 0.671. The lowest BCUT2D eigenvalue weighted by atomic mass is 10.1. The van der Waals surface area contributed by atoms with Crippen LogP contribution in [0.5, 0.6) is 5.75 Å². The molecule has 3 aromatic carbocycles. The Kier molecular flexibility index (Phi) is 4.87. The molecule has 0 unspecified atom stereocenters. The number of rotatable bonds is 4. The zero-order valence-corrected chi connectivity index (χ0v) is 16.3. The van der Waals surface area contributed by atoms with E-state index in [1.165, 1.54) is 0 Å². The zero-order valence-electron chi connectivity index (χ0n) is 16.3. The van der Waals surface area contributed by atoms with Gasteiger partial charge in [0.05, 0.1) is 16.6 Å². The predicted octanol–water partition coefficient (Wildman–Crippen LogP) is 4.33. The van der Waals surface area contributed by atoms with Crippen LogP contribution in [0.15, 0.2) is 77.6 Å². The average molecular weight is 383 g/mol. The van der Waals surface area contributed by atoms with Crippen molar-refractivity contribution in [3.63, 3.8) is 0 Å². The van der Waals surface area contributed by atoms with Gasteiger partial charge >= 0.3 is 0 Å². The van der Waals surface area contributed by atoms with Gasteiger partial charge in [0.25, 0.3) is 5.56 Å². The number of hydrogen-bond acceptors (Lipinski definition) is 4. The molecule has 1 heterocycles. The fourth-order valence-corrected chi connectivity index (χ4v) is 3.17. The monoisotopic (exact) mass is 383 g/mol. The van der Waals surface area contributed by atoms with Crippen LogP contribution in [0.1, 0.15) is 11.4 Å². The van der Waals surface area contributed by atoms with Crippen LogP contribution >= 0.6 is 0 Å². The molecule has 0 atom stereocenters. The molecule has 0 bridgehead atoms. The summed E-state index contributed by atoms with van der Waals surface area (Å²) in [5.41, 5.74) is 3.27. The number of benzene rings is 3. The van der Waals surface area contributed by atoms with Crippen molar-refractivity contribution in [1.29, 1.82) is 0 Å². The summed E-state index contributed by atoms with van der Waals surface area (Å²) in [5, 5.41) is 10.2. The van der Waals surface area contributed by atoms with E-state index in [4.69, 9.17) is 4.98 Å². The predicted molar refractivity (Wildman–Crippen MR) is 119 cm³/mol. The minimum Gasteiger partial charge on any atom is -0.508 e. The first kappa shape index (κ1) is 18.5. The fourth-order valence-electron chi connectivity index (χ4n) is 3.17. The summed E-state index contributed by atoms with van der Waals surface area (Å²) in [6.07, 6.45) is 3.78. The molecule has 4 rings (SSSR count). The van der Waals surface area contributed by atoms with Crippen molar-refractivity contribution in [3.05, 3.63) is 94.5 Å². The Balaban J connectivity index is 1.85. The van der Waals surface area contributed by atoms with Gasteiger partial charge in [0, 0.05) is 19.8 Å². The molecule has 0 radical (unpaired) electrons. The first-order valence-electron chi connectivity index (χ1n) is 9.29. The number of aromatic hydroxyl groups is 1. The molecule has 4 aromatic rings. The summed E-state index contributed by atoms with van der Waals surface area (Å²) >= 11 is 0. The van der Waals surface area contributed by atoms with Crippen molar-refractivity contribution < 1.29 is 5.11 Å². The number of aromatic nitrogens is 2. The van der Waals surface area contributed by atoms with Crippen LogP contribution < -0.4 is 10.5 Å². The Hall–Kier alpha value is -3.86. The van der Waals surface area contributed by atoms with Crippen molar-refractivity contribution in [3.8, 4) is 11.4 Å². The molecule has 0 aliphatic heterocycles. The maximum absolute atomic E-state index is 13.2. The van der Waals surface area contributed by atoms with E-state index >= 15 is 0 Å². The minimum atomic E-state index is -0.149. The van der Waals surface area contributed by atoms with Crippen molar-refractivity contribution in [2.75, 3.05) is 19.0 Å². The highest BCUT2D eigenvalue weighted by Gasteiger charge is 2.11. The molecular formula is C24H21N3O2. The van der Waals surface area contributed by atoms with Crippen LogP contribution in [-0.2, 0) is 0 Å². The van der Waals surface area contributed by atoms with E-state index in [0.29, 0.717) is 22.4 Å². The smallest absolute Gasteiger partial charge is 0.266 e. The van der Waals surface area contributed by atoms with E-state index in [0.717, 1.165) is 11.3 Å². The summed E-state index contributed by atoms with van der Waals surface area (Å²) in [6.45, 7) is 0. The zero-order chi connectivity index (χ0) is 20.4. The maximum Gasteiger partial charge on any atom is 0.266 e. The SMILES string of the molecule is CN(C)c1ccc(/C=C\c2nc3ccccc3c(=O)n2-c2ccc(O)cc2)cc1. The van der Waals surface area contributed by atoms with Gasteiger partial charge in [-0.05, 0) is 60.2 Å². The molecule has 29 heavy (non-hydrogen) atoms. The third kappa shape index (κ3) is 3.75. The van der Waals surface area contributed by atoms with E-state index in [1.807, 2.05) is 73.6 Å². The van der Waals surface area contributed by atoms with E-state index in [9.17, 15) is 9.90 Å². The molecule has 1 aromatic heterocycles. The van der Waals surface area contributed by atoms with Crippen LogP contribution in [0.4, 0.5) is 5.69 Å². The molecule has 0 aliphatic carbocycles. The Morgan fingerprint density at radius 3 is 2.28 bits per heavy atom. The lowest BCUT2D eigenvalue weighted by molar-refractivity contribution is 0.475. The van der Waals surface area contributed by atoms with Crippen LogP contribution in [0.25, 0.3) is 28.7 Å². The summed E-state index contributed by atoms with van der Waals surface area (Å²) in [4.78, 5) is 19.9. The first-order valence-corrected chi connectivity index (χ1v) is 9.29. The van der Waals surface area contributed by atoms with E-state index in [2.05, 4.69) is 0 Å². The largest absolute Gasteiger partial charge is 0.508 e. The van der Waals surface area contributed by atoms with Crippen molar-refractivity contribution in [1.82, 2.24) is 9.55 Å². The number of anilines is 1. The van der Waals surface area contributed by atoms with Gasteiger partial charge in [-0.2, -0.15) is 0 Å². The minimum absolute atomic E-state index is 0.147. The molecule has 144 valence electrons. The topological polar surface area (TPSA) is 58.4 Å². The van der Waals surface area contributed by atoms with Crippen molar-refractivity contribution in [2.24, 2.45) is 0 Å². The molecule has 5 nitrogen and oxygen atoms in total. The molecular weight excluding hydrogens is 362 g/mol. The third-order valence-corrected chi connectivity index (χ3v) is 4.74. The Labute approximate surface area is 168 Å². The number of fused-ring (bicyclic) bond motifs is 1. The quantitative estimate of drug-likeness (QED) is 0.570. The van der Waals surface area contributed by atoms with Gasteiger partial charge in [0.15, 0.2) is 0 Å². The molecule has 1 N–H and O–H groups in total. The molecule has 0 saturated heterocycles. The van der Waals surface area contributed by atoms with Gasteiger partial charge < -0.3 is 10.0 Å². The standard InChI is InChI=1S/C24H21N3O2/c1-26(2)18-10-7-17(8-11-18)9-16-23-25-22-6-4-3-5-21(22)24(29)27(23)19-12-14-20(28)15-13-19/h3-16,28H,1-2H3/b16-9-. The van der Waals surface area contributed by atoms with Crippen molar-refractivity contribution >= 4 is 28.7 Å². The first-order chi connectivity index (χ1) is 14.0. The maximum atomic E-state index is 13.2. The highest BCUT2D eigenvalue weighted by molar-refractivity contribution is 5.80. The second-order valence-corrected chi connectivity index (χ2v) is 6.96. The van der Waals surface area contributed by atoms with E-state index in [-0.39, 0.29) is 11.3 Å². The summed E-state index contributed by atoms with van der Waals surface area (Å²) in [6, 6.07) is 22.0. The van der Waals surface area contributed by atoms with Gasteiger partial charge in [-0.15, -0.1) is 0 Å². The lowest BCUT2D eigenvalue weighted by Crippen LogP contribution is -2.22. The van der Waals surface area contributed by atoms with Crippen LogP contribution in [0, 0.1) is 0 Å². The highest BCUT2D eigenvalue weighted by atomic mass is 16.3. The van der Waals surface area contributed by atoms with Gasteiger partial charge in [-0.3, -0.25) is 9.36 Å². The number of para-hydroxylation sites is 1. The second-order valence-electron chi connectivity index (χ2n) is 6.96. The summed E-state index contributed by atoms with van der Waals surface area (Å²) in [7, 11) is 4.00. The van der Waals surface area contributed by atoms with Crippen LogP contribution in [0.2, 0.25) is 0 Å². The number of nitrogens with zero attached hydrogens (tertiary/aromatic N) is 3. The van der Waals surface area contributed by atoms with Gasteiger partial charge in [0.2, 0.25) is 0 Å². The second kappa shape index (κ2) is 7.64. The number of phenolic OH excluding ortho intramolecular Hbond substituents is 1. The highest BCUT2D eigenvalue weighted by Crippen LogP contribution is 2.18. The summed E-state index contributed by atoms with van der Waals surface area (Å²) < 4.78 is 1.56. The molecule has 0 aliphatic rings. The van der Waals surface area contributed by atoms with Gasteiger partial charge in [0.1, 0.15) is 11.6 Å². The lowest BCUT2D eigenvalue weighted by Gasteiger charge is -2.12. The van der Waals surface area contributed by atoms with Gasteiger partial charge in [-0.25, -0.2) is 4.98 Å². The normalized spacial score (nSPS) is 11.2. The molecule has 0 fully saturated rings. The van der Waals surface area contributed by atoms with E-state index < -0.39 is 0 Å². The van der Waals surface area contributed by atoms with E-state index in [1.54, 1.807) is 34.9 Å². The third-order valence-electron chi connectivity index (χ3n) is 4.74. The van der Waals surface area contributed by atoms with Crippen LogP contribution in [0.3, 0.4) is 0 Å². The molecule has 5 heteroatoms. The molecule has 0 spiro atoms. The Morgan fingerprint density at radius 2 is 1.59 bits per heavy atom. The van der Waals surface area contributed by atoms with Gasteiger partial charge in [-0.1, -0.05) is 30.3 Å². The Morgan fingerprint density at radius 1 is 0.897 bits per heavy atom. The fraction of sp³-hybridized carbons (Fsp3) is 0.0833. The molecule has 0 saturated carbocycles. The number of phenols is 1.